The maximum atomic E-state index is 6.11. The van der Waals surface area contributed by atoms with Crippen molar-refractivity contribution in [2.24, 2.45) is 0 Å². The summed E-state index contributed by atoms with van der Waals surface area (Å²) in [6.45, 7) is 0.751. The Hall–Kier alpha value is -1.45. The first kappa shape index (κ1) is 14.0. The molecule has 0 amide bonds. The number of rotatable bonds is 5. The van der Waals surface area contributed by atoms with Gasteiger partial charge in [0.2, 0.25) is 0 Å². The third-order valence-corrected chi connectivity index (χ3v) is 3.27. The molecule has 19 heavy (non-hydrogen) atoms. The lowest BCUT2D eigenvalue weighted by Gasteiger charge is -2.08. The predicted molar refractivity (Wildman–Crippen MR) is 79.4 cm³/mol. The third kappa shape index (κ3) is 4.01. The van der Waals surface area contributed by atoms with Crippen molar-refractivity contribution in [1.82, 2.24) is 4.98 Å². The van der Waals surface area contributed by atoms with Crippen LogP contribution in [0.1, 0.15) is 5.56 Å². The highest BCUT2D eigenvalue weighted by atomic mass is 35.5. The molecule has 2 rings (SSSR count). The van der Waals surface area contributed by atoms with Gasteiger partial charge in [-0.15, -0.1) is 0 Å². The van der Waals surface area contributed by atoms with Crippen LogP contribution in [0.4, 0.5) is 5.82 Å². The lowest BCUT2D eigenvalue weighted by Crippen LogP contribution is -2.06. The standard InChI is InChI=1S/C14H14Cl2N2O/c1-19-12-4-5-14(18-9-12)17-7-6-10-2-3-11(15)8-13(10)16/h2-5,8-9H,6-7H2,1H3,(H,17,18). The van der Waals surface area contributed by atoms with Gasteiger partial charge in [0.25, 0.3) is 0 Å². The Morgan fingerprint density at radius 3 is 2.68 bits per heavy atom. The first-order valence-electron chi connectivity index (χ1n) is 5.87. The number of halogens is 2. The van der Waals surface area contributed by atoms with Gasteiger partial charge in [0.15, 0.2) is 0 Å². The Balaban J connectivity index is 1.88. The molecule has 2 aromatic rings. The van der Waals surface area contributed by atoms with E-state index >= 15 is 0 Å². The van der Waals surface area contributed by atoms with Crippen LogP contribution in [0.25, 0.3) is 0 Å². The molecule has 3 nitrogen and oxygen atoms in total. The van der Waals surface area contributed by atoms with Crippen molar-refractivity contribution in [3.05, 3.63) is 52.1 Å². The van der Waals surface area contributed by atoms with Crippen LogP contribution < -0.4 is 10.1 Å². The first-order valence-corrected chi connectivity index (χ1v) is 6.62. The van der Waals surface area contributed by atoms with Crippen molar-refractivity contribution >= 4 is 29.0 Å². The van der Waals surface area contributed by atoms with Crippen LogP contribution in [-0.4, -0.2) is 18.6 Å². The molecule has 0 saturated carbocycles. The zero-order chi connectivity index (χ0) is 13.7. The molecule has 0 aliphatic carbocycles. The fourth-order valence-electron chi connectivity index (χ4n) is 1.66. The second-order valence-electron chi connectivity index (χ2n) is 4.00. The van der Waals surface area contributed by atoms with Crippen LogP contribution in [0.2, 0.25) is 10.0 Å². The third-order valence-electron chi connectivity index (χ3n) is 2.69. The Morgan fingerprint density at radius 1 is 1.21 bits per heavy atom. The molecule has 1 N–H and O–H groups in total. The van der Waals surface area contributed by atoms with Gasteiger partial charge in [-0.1, -0.05) is 29.3 Å². The van der Waals surface area contributed by atoms with Crippen molar-refractivity contribution in [2.45, 2.75) is 6.42 Å². The van der Waals surface area contributed by atoms with Crippen LogP contribution in [0.15, 0.2) is 36.5 Å². The summed E-state index contributed by atoms with van der Waals surface area (Å²) in [5, 5.41) is 4.57. The number of hydrogen-bond acceptors (Lipinski definition) is 3. The molecular formula is C14H14Cl2N2O. The Labute approximate surface area is 122 Å². The van der Waals surface area contributed by atoms with Gasteiger partial charge in [-0.05, 0) is 36.2 Å². The molecule has 5 heteroatoms. The van der Waals surface area contributed by atoms with E-state index in [0.717, 1.165) is 30.1 Å². The van der Waals surface area contributed by atoms with E-state index in [9.17, 15) is 0 Å². The van der Waals surface area contributed by atoms with E-state index in [2.05, 4.69) is 10.3 Å². The van der Waals surface area contributed by atoms with Crippen molar-refractivity contribution in [3.8, 4) is 5.75 Å². The van der Waals surface area contributed by atoms with Gasteiger partial charge in [-0.3, -0.25) is 0 Å². The van der Waals surface area contributed by atoms with Crippen LogP contribution in [-0.2, 0) is 6.42 Å². The SMILES string of the molecule is COc1ccc(NCCc2ccc(Cl)cc2Cl)nc1. The lowest BCUT2D eigenvalue weighted by molar-refractivity contribution is 0.413. The van der Waals surface area contributed by atoms with Gasteiger partial charge >= 0.3 is 0 Å². The molecule has 1 aromatic carbocycles. The average Bonchev–Trinajstić information content (AvgIpc) is 2.42. The molecule has 0 spiro atoms. The second-order valence-corrected chi connectivity index (χ2v) is 4.84. The minimum atomic E-state index is 0.651. The smallest absolute Gasteiger partial charge is 0.137 e. The van der Waals surface area contributed by atoms with Gasteiger partial charge in [0.05, 0.1) is 13.3 Å². The molecule has 100 valence electrons. The van der Waals surface area contributed by atoms with E-state index in [1.807, 2.05) is 24.3 Å². The molecule has 0 aliphatic heterocycles. The molecule has 0 saturated heterocycles. The number of methoxy groups -OCH3 is 1. The molecule has 0 unspecified atom stereocenters. The van der Waals surface area contributed by atoms with Crippen LogP contribution in [0, 0.1) is 0 Å². The minimum absolute atomic E-state index is 0.651. The number of anilines is 1. The topological polar surface area (TPSA) is 34.1 Å². The Kier molecular flexibility index (Phi) is 4.88. The molecule has 1 aromatic heterocycles. The molecule has 0 atom stereocenters. The van der Waals surface area contributed by atoms with E-state index in [1.54, 1.807) is 19.4 Å². The summed E-state index contributed by atoms with van der Waals surface area (Å²) in [7, 11) is 1.62. The molecule has 0 fully saturated rings. The summed E-state index contributed by atoms with van der Waals surface area (Å²) in [5.41, 5.74) is 1.06. The average molecular weight is 297 g/mol. The quantitative estimate of drug-likeness (QED) is 0.904. The normalized spacial score (nSPS) is 10.3. The summed E-state index contributed by atoms with van der Waals surface area (Å²) in [6.07, 6.45) is 2.49. The van der Waals surface area contributed by atoms with Crippen molar-refractivity contribution in [2.75, 3.05) is 19.0 Å². The van der Waals surface area contributed by atoms with Gasteiger partial charge < -0.3 is 10.1 Å². The van der Waals surface area contributed by atoms with E-state index in [-0.39, 0.29) is 0 Å². The van der Waals surface area contributed by atoms with Crippen LogP contribution >= 0.6 is 23.2 Å². The van der Waals surface area contributed by atoms with Crippen molar-refractivity contribution in [1.29, 1.82) is 0 Å². The largest absolute Gasteiger partial charge is 0.495 e. The molecule has 0 radical (unpaired) electrons. The van der Waals surface area contributed by atoms with Gasteiger partial charge in [-0.25, -0.2) is 4.98 Å². The maximum Gasteiger partial charge on any atom is 0.137 e. The summed E-state index contributed by atoms with van der Waals surface area (Å²) in [6, 6.07) is 9.28. The van der Waals surface area contributed by atoms with Gasteiger partial charge in [0, 0.05) is 16.6 Å². The van der Waals surface area contributed by atoms with E-state index < -0.39 is 0 Å². The minimum Gasteiger partial charge on any atom is -0.495 e. The summed E-state index contributed by atoms with van der Waals surface area (Å²) >= 11 is 12.0. The summed E-state index contributed by atoms with van der Waals surface area (Å²) < 4.78 is 5.05. The van der Waals surface area contributed by atoms with Crippen molar-refractivity contribution < 1.29 is 4.74 Å². The number of pyridine rings is 1. The highest BCUT2D eigenvalue weighted by Gasteiger charge is 2.01. The number of ether oxygens (including phenoxy) is 1. The number of hydrogen-bond donors (Lipinski definition) is 1. The van der Waals surface area contributed by atoms with E-state index in [1.165, 1.54) is 0 Å². The zero-order valence-electron chi connectivity index (χ0n) is 10.5. The molecular weight excluding hydrogens is 283 g/mol. The van der Waals surface area contributed by atoms with Crippen LogP contribution in [0.3, 0.4) is 0 Å². The van der Waals surface area contributed by atoms with Crippen LogP contribution in [0.5, 0.6) is 5.75 Å². The molecule has 0 aliphatic rings. The monoisotopic (exact) mass is 296 g/mol. The number of nitrogens with zero attached hydrogens (tertiary/aromatic N) is 1. The highest BCUT2D eigenvalue weighted by molar-refractivity contribution is 6.35. The zero-order valence-corrected chi connectivity index (χ0v) is 12.0. The maximum absolute atomic E-state index is 6.11. The Morgan fingerprint density at radius 2 is 2.05 bits per heavy atom. The highest BCUT2D eigenvalue weighted by Crippen LogP contribution is 2.21. The summed E-state index contributed by atoms with van der Waals surface area (Å²) in [4.78, 5) is 4.23. The molecule has 0 bridgehead atoms. The number of benzene rings is 1. The summed E-state index contributed by atoms with van der Waals surface area (Å²) in [5.74, 6) is 1.55. The van der Waals surface area contributed by atoms with E-state index in [4.69, 9.17) is 27.9 Å². The predicted octanol–water partition coefficient (Wildman–Crippen LogP) is 4.05. The van der Waals surface area contributed by atoms with Gasteiger partial charge in [0.1, 0.15) is 11.6 Å². The fraction of sp³-hybridized carbons (Fsp3) is 0.214. The molecule has 1 heterocycles. The van der Waals surface area contributed by atoms with Crippen molar-refractivity contribution in [3.63, 3.8) is 0 Å². The van der Waals surface area contributed by atoms with E-state index in [0.29, 0.717) is 10.0 Å². The Bertz CT molecular complexity index is 544. The van der Waals surface area contributed by atoms with Gasteiger partial charge in [-0.2, -0.15) is 0 Å². The fourth-order valence-corrected chi connectivity index (χ4v) is 2.16. The number of nitrogens with one attached hydrogen (secondary N) is 1. The first-order chi connectivity index (χ1) is 9.19. The lowest BCUT2D eigenvalue weighted by atomic mass is 10.1. The second kappa shape index (κ2) is 6.64. The number of aromatic nitrogens is 1.